The molecule has 0 heterocycles. The van der Waals surface area contributed by atoms with Crippen molar-refractivity contribution in [3.63, 3.8) is 0 Å². The van der Waals surface area contributed by atoms with E-state index in [1.54, 1.807) is 0 Å². The van der Waals surface area contributed by atoms with Gasteiger partial charge < -0.3 is 16.0 Å². The molecular formula is C9H20N4O2. The SMILES string of the molecule is CN(C)C(C)(C)CNCC(=O)NC(N)=O. The van der Waals surface area contributed by atoms with Crippen molar-refractivity contribution in [1.29, 1.82) is 0 Å². The van der Waals surface area contributed by atoms with Crippen LogP contribution in [0.15, 0.2) is 0 Å². The van der Waals surface area contributed by atoms with E-state index in [0.29, 0.717) is 6.54 Å². The van der Waals surface area contributed by atoms with Crippen LogP contribution in [0.3, 0.4) is 0 Å². The molecule has 15 heavy (non-hydrogen) atoms. The number of likely N-dealkylation sites (N-methyl/N-ethyl adjacent to an activating group) is 1. The molecular weight excluding hydrogens is 196 g/mol. The van der Waals surface area contributed by atoms with Gasteiger partial charge in [-0.1, -0.05) is 0 Å². The van der Waals surface area contributed by atoms with Gasteiger partial charge in [-0.05, 0) is 27.9 Å². The Bertz CT molecular complexity index is 238. The minimum absolute atomic E-state index is 0.0486. The summed E-state index contributed by atoms with van der Waals surface area (Å²) >= 11 is 0. The van der Waals surface area contributed by atoms with Gasteiger partial charge >= 0.3 is 6.03 Å². The molecule has 0 spiro atoms. The molecule has 3 amide bonds. The molecule has 0 saturated heterocycles. The topological polar surface area (TPSA) is 87.5 Å². The molecule has 0 unspecified atom stereocenters. The van der Waals surface area contributed by atoms with Crippen LogP contribution in [-0.4, -0.2) is 49.6 Å². The highest BCUT2D eigenvalue weighted by molar-refractivity contribution is 5.94. The molecule has 6 heteroatoms. The molecule has 0 bridgehead atoms. The van der Waals surface area contributed by atoms with Crippen molar-refractivity contribution in [3.05, 3.63) is 0 Å². The number of amides is 3. The van der Waals surface area contributed by atoms with E-state index in [2.05, 4.69) is 5.32 Å². The Morgan fingerprint density at radius 2 is 1.87 bits per heavy atom. The first kappa shape index (κ1) is 13.9. The zero-order valence-electron chi connectivity index (χ0n) is 9.76. The largest absolute Gasteiger partial charge is 0.351 e. The smallest absolute Gasteiger partial charge is 0.318 e. The average molecular weight is 216 g/mol. The fourth-order valence-electron chi connectivity index (χ4n) is 0.822. The Kier molecular flexibility index (Phi) is 5.24. The quantitative estimate of drug-likeness (QED) is 0.556. The summed E-state index contributed by atoms with van der Waals surface area (Å²) in [4.78, 5) is 23.4. The van der Waals surface area contributed by atoms with Gasteiger partial charge in [0.25, 0.3) is 0 Å². The van der Waals surface area contributed by atoms with Gasteiger partial charge in [-0.3, -0.25) is 10.1 Å². The number of primary amides is 1. The number of carbonyl (C=O) groups excluding carboxylic acids is 2. The van der Waals surface area contributed by atoms with Gasteiger partial charge in [-0.2, -0.15) is 0 Å². The van der Waals surface area contributed by atoms with Crippen LogP contribution < -0.4 is 16.4 Å². The number of nitrogens with one attached hydrogen (secondary N) is 2. The highest BCUT2D eigenvalue weighted by Crippen LogP contribution is 2.07. The van der Waals surface area contributed by atoms with Gasteiger partial charge in [0.2, 0.25) is 5.91 Å². The molecule has 0 aromatic carbocycles. The number of urea groups is 1. The van der Waals surface area contributed by atoms with Gasteiger partial charge in [0.15, 0.2) is 0 Å². The summed E-state index contributed by atoms with van der Waals surface area (Å²) in [6.45, 7) is 4.82. The van der Waals surface area contributed by atoms with Crippen molar-refractivity contribution in [3.8, 4) is 0 Å². The second kappa shape index (κ2) is 5.67. The number of hydrogen-bond donors (Lipinski definition) is 3. The van der Waals surface area contributed by atoms with E-state index in [0.717, 1.165) is 0 Å². The number of hydrogen-bond acceptors (Lipinski definition) is 4. The Morgan fingerprint density at radius 1 is 1.33 bits per heavy atom. The average Bonchev–Trinajstić information content (AvgIpc) is 2.01. The molecule has 0 atom stereocenters. The highest BCUT2D eigenvalue weighted by atomic mass is 16.2. The van der Waals surface area contributed by atoms with E-state index >= 15 is 0 Å². The minimum atomic E-state index is -0.825. The third kappa shape index (κ3) is 6.03. The molecule has 0 fully saturated rings. The maximum atomic E-state index is 11.0. The monoisotopic (exact) mass is 216 g/mol. The third-order valence-electron chi connectivity index (χ3n) is 2.32. The molecule has 0 rings (SSSR count). The van der Waals surface area contributed by atoms with Crippen molar-refractivity contribution in [1.82, 2.24) is 15.5 Å². The van der Waals surface area contributed by atoms with Crippen molar-refractivity contribution in [2.45, 2.75) is 19.4 Å². The van der Waals surface area contributed by atoms with Gasteiger partial charge in [-0.15, -0.1) is 0 Å². The first-order chi connectivity index (χ1) is 6.75. The molecule has 0 aliphatic rings. The summed E-state index contributed by atoms with van der Waals surface area (Å²) in [6.07, 6.45) is 0. The molecule has 4 N–H and O–H groups in total. The maximum absolute atomic E-state index is 11.0. The normalized spacial score (nSPS) is 11.5. The first-order valence-corrected chi connectivity index (χ1v) is 4.73. The second-order valence-corrected chi connectivity index (χ2v) is 4.22. The minimum Gasteiger partial charge on any atom is -0.351 e. The molecule has 0 aliphatic heterocycles. The van der Waals surface area contributed by atoms with Gasteiger partial charge in [0.05, 0.1) is 6.54 Å². The lowest BCUT2D eigenvalue weighted by Gasteiger charge is -2.32. The predicted molar refractivity (Wildman–Crippen MR) is 58.4 cm³/mol. The van der Waals surface area contributed by atoms with Crippen LogP contribution in [0, 0.1) is 0 Å². The van der Waals surface area contributed by atoms with Gasteiger partial charge in [-0.25, -0.2) is 4.79 Å². The molecule has 0 radical (unpaired) electrons. The zero-order chi connectivity index (χ0) is 12.1. The standard InChI is InChI=1S/C9H20N4O2/c1-9(2,13(3)4)6-11-5-7(14)12-8(10)15/h11H,5-6H2,1-4H3,(H3,10,12,14,15). The maximum Gasteiger partial charge on any atom is 0.318 e. The van der Waals surface area contributed by atoms with Crippen molar-refractivity contribution >= 4 is 11.9 Å². The Morgan fingerprint density at radius 3 is 2.27 bits per heavy atom. The number of carbonyl (C=O) groups is 2. The van der Waals surface area contributed by atoms with Gasteiger partial charge in [0, 0.05) is 12.1 Å². The fourth-order valence-corrected chi connectivity index (χ4v) is 0.822. The van der Waals surface area contributed by atoms with Crippen LogP contribution in [0.25, 0.3) is 0 Å². The summed E-state index contributed by atoms with van der Waals surface area (Å²) in [7, 11) is 3.93. The van der Waals surface area contributed by atoms with Crippen LogP contribution in [-0.2, 0) is 4.79 Å². The lowest BCUT2D eigenvalue weighted by molar-refractivity contribution is -0.119. The van der Waals surface area contributed by atoms with Crippen LogP contribution in [0.2, 0.25) is 0 Å². The lowest BCUT2D eigenvalue weighted by atomic mass is 10.0. The first-order valence-electron chi connectivity index (χ1n) is 4.73. The van der Waals surface area contributed by atoms with Crippen molar-refractivity contribution in [2.24, 2.45) is 5.73 Å². The Balaban J connectivity index is 3.79. The molecule has 0 aliphatic carbocycles. The second-order valence-electron chi connectivity index (χ2n) is 4.22. The van der Waals surface area contributed by atoms with E-state index in [1.807, 2.05) is 38.2 Å². The van der Waals surface area contributed by atoms with Crippen molar-refractivity contribution in [2.75, 3.05) is 27.2 Å². The van der Waals surface area contributed by atoms with Crippen LogP contribution in [0.5, 0.6) is 0 Å². The number of nitrogens with two attached hydrogens (primary N) is 1. The summed E-state index contributed by atoms with van der Waals surface area (Å²) in [6, 6.07) is -0.825. The third-order valence-corrected chi connectivity index (χ3v) is 2.32. The molecule has 0 aromatic heterocycles. The molecule has 6 nitrogen and oxygen atoms in total. The van der Waals surface area contributed by atoms with Crippen LogP contribution in [0.4, 0.5) is 4.79 Å². The molecule has 0 saturated carbocycles. The Labute approximate surface area is 90.2 Å². The molecule has 88 valence electrons. The summed E-state index contributed by atoms with van der Waals surface area (Å²) in [5.74, 6) is -0.419. The molecule has 0 aromatic rings. The highest BCUT2D eigenvalue weighted by Gasteiger charge is 2.19. The van der Waals surface area contributed by atoms with Gasteiger partial charge in [0.1, 0.15) is 0 Å². The number of nitrogens with zero attached hydrogens (tertiary/aromatic N) is 1. The van der Waals surface area contributed by atoms with Crippen LogP contribution >= 0.6 is 0 Å². The predicted octanol–water partition coefficient (Wildman–Crippen LogP) is -0.889. The number of rotatable bonds is 5. The van der Waals surface area contributed by atoms with Crippen molar-refractivity contribution < 1.29 is 9.59 Å². The summed E-state index contributed by atoms with van der Waals surface area (Å²) in [5, 5.41) is 4.93. The summed E-state index contributed by atoms with van der Waals surface area (Å²) in [5.41, 5.74) is 4.74. The Hall–Kier alpha value is -1.14. The number of imide groups is 1. The summed E-state index contributed by atoms with van der Waals surface area (Å²) < 4.78 is 0. The van der Waals surface area contributed by atoms with E-state index in [4.69, 9.17) is 5.73 Å². The van der Waals surface area contributed by atoms with E-state index in [-0.39, 0.29) is 12.1 Å². The lowest BCUT2D eigenvalue weighted by Crippen LogP contribution is -2.49. The van der Waals surface area contributed by atoms with E-state index < -0.39 is 11.9 Å². The van der Waals surface area contributed by atoms with Crippen LogP contribution in [0.1, 0.15) is 13.8 Å². The fraction of sp³-hybridized carbons (Fsp3) is 0.778. The zero-order valence-corrected chi connectivity index (χ0v) is 9.76. The van der Waals surface area contributed by atoms with E-state index in [1.165, 1.54) is 0 Å². The van der Waals surface area contributed by atoms with E-state index in [9.17, 15) is 9.59 Å².